The average Bonchev–Trinajstić information content (AvgIpc) is 3.31. The van der Waals surface area contributed by atoms with Crippen LogP contribution in [0.3, 0.4) is 0 Å². The number of fused-ring (bicyclic) bond motifs is 1. The van der Waals surface area contributed by atoms with Crippen LogP contribution in [0.2, 0.25) is 0 Å². The Kier molecular flexibility index (Phi) is 6.49. The molecule has 0 aliphatic rings. The fourth-order valence-electron chi connectivity index (χ4n) is 2.74. The van der Waals surface area contributed by atoms with E-state index < -0.39 is 0 Å². The summed E-state index contributed by atoms with van der Waals surface area (Å²) in [6.07, 6.45) is 2.38. The van der Waals surface area contributed by atoms with Gasteiger partial charge in [0.25, 0.3) is 0 Å². The fourth-order valence-corrected chi connectivity index (χ4v) is 5.82. The first-order valence-electron chi connectivity index (χ1n) is 8.60. The number of rotatable bonds is 6. The zero-order valence-corrected chi connectivity index (χ0v) is 17.4. The molecule has 0 fully saturated rings. The number of nitrogens with two attached hydrogens (primary N) is 1. The standard InChI is InChI=1S/C20H19N3S3.H2O/c1-2-3-11-25-20-16(21)15-17(13-8-5-4-6-9-13)22-18(23-19(15)26-20)14-10-7-12-24-14;/h4-10,12H,2-3,11,21H2,1H3;1H2. The van der Waals surface area contributed by atoms with Gasteiger partial charge in [-0.2, -0.15) is 0 Å². The Hall–Kier alpha value is -1.93. The normalized spacial score (nSPS) is 10.9. The zero-order valence-electron chi connectivity index (χ0n) is 14.9. The number of hydrogen-bond acceptors (Lipinski definition) is 6. The van der Waals surface area contributed by atoms with Crippen LogP contribution < -0.4 is 5.73 Å². The summed E-state index contributed by atoms with van der Waals surface area (Å²) in [5, 5.41) is 3.04. The monoisotopic (exact) mass is 415 g/mol. The smallest absolute Gasteiger partial charge is 0.171 e. The second kappa shape index (κ2) is 8.84. The maximum Gasteiger partial charge on any atom is 0.171 e. The molecule has 0 amide bonds. The van der Waals surface area contributed by atoms with Gasteiger partial charge in [0.15, 0.2) is 5.82 Å². The molecule has 0 aliphatic heterocycles. The molecule has 3 heterocycles. The van der Waals surface area contributed by atoms with Crippen molar-refractivity contribution < 1.29 is 5.48 Å². The van der Waals surface area contributed by atoms with Crippen molar-refractivity contribution in [1.82, 2.24) is 9.97 Å². The Morgan fingerprint density at radius 2 is 1.89 bits per heavy atom. The van der Waals surface area contributed by atoms with Gasteiger partial charge in [0.05, 0.1) is 25.9 Å². The summed E-state index contributed by atoms with van der Waals surface area (Å²) < 4.78 is 1.16. The van der Waals surface area contributed by atoms with Gasteiger partial charge in [0, 0.05) is 5.56 Å². The van der Waals surface area contributed by atoms with Crippen molar-refractivity contribution >= 4 is 50.3 Å². The summed E-state index contributed by atoms with van der Waals surface area (Å²) in [4.78, 5) is 11.8. The molecule has 0 radical (unpaired) electrons. The molecule has 0 saturated carbocycles. The van der Waals surface area contributed by atoms with Crippen LogP contribution in [-0.4, -0.2) is 21.2 Å². The van der Waals surface area contributed by atoms with Gasteiger partial charge < -0.3 is 11.2 Å². The molecule has 4 aromatic rings. The molecule has 0 atom stereocenters. The van der Waals surface area contributed by atoms with Crippen molar-refractivity contribution in [3.05, 3.63) is 47.8 Å². The number of benzene rings is 1. The molecular formula is C20H21N3OS3. The summed E-state index contributed by atoms with van der Waals surface area (Å²) >= 11 is 5.18. The highest BCUT2D eigenvalue weighted by atomic mass is 32.2. The Morgan fingerprint density at radius 3 is 2.59 bits per heavy atom. The molecule has 0 saturated heterocycles. The van der Waals surface area contributed by atoms with Crippen molar-refractivity contribution in [3.8, 4) is 22.0 Å². The molecule has 0 unspecified atom stereocenters. The minimum Gasteiger partial charge on any atom is -0.412 e. The van der Waals surface area contributed by atoms with Gasteiger partial charge in [-0.15, -0.1) is 34.4 Å². The lowest BCUT2D eigenvalue weighted by molar-refractivity contribution is 0.824. The number of nitrogens with zero attached hydrogens (tertiary/aromatic N) is 2. The van der Waals surface area contributed by atoms with Crippen LogP contribution in [0.1, 0.15) is 19.8 Å². The van der Waals surface area contributed by atoms with E-state index in [0.717, 1.165) is 47.8 Å². The van der Waals surface area contributed by atoms with Crippen LogP contribution in [0.25, 0.3) is 32.2 Å². The highest BCUT2D eigenvalue weighted by molar-refractivity contribution is 8.01. The summed E-state index contributed by atoms with van der Waals surface area (Å²) in [5.41, 5.74) is 9.36. The van der Waals surface area contributed by atoms with Crippen LogP contribution in [-0.2, 0) is 0 Å². The third-order valence-electron chi connectivity index (χ3n) is 4.07. The predicted octanol–water partition coefficient (Wildman–Crippen LogP) is 5.74. The zero-order chi connectivity index (χ0) is 17.9. The van der Waals surface area contributed by atoms with E-state index in [2.05, 4.69) is 30.5 Å². The van der Waals surface area contributed by atoms with E-state index in [4.69, 9.17) is 15.7 Å². The van der Waals surface area contributed by atoms with Crippen LogP contribution in [0.4, 0.5) is 5.69 Å². The number of thioether (sulfide) groups is 1. The summed E-state index contributed by atoms with van der Waals surface area (Å²) in [6, 6.07) is 14.4. The van der Waals surface area contributed by atoms with Crippen LogP contribution in [0.5, 0.6) is 0 Å². The van der Waals surface area contributed by atoms with Gasteiger partial charge in [0.2, 0.25) is 0 Å². The first-order chi connectivity index (χ1) is 12.8. The SMILES string of the molecule is CCCCSc1sc2nc(-c3cccs3)nc(-c3ccccc3)c2c1N.O. The molecule has 4 rings (SSSR count). The van der Waals surface area contributed by atoms with Gasteiger partial charge in [0.1, 0.15) is 4.83 Å². The lowest BCUT2D eigenvalue weighted by Crippen LogP contribution is -1.94. The Labute approximate surface area is 170 Å². The van der Waals surface area contributed by atoms with E-state index >= 15 is 0 Å². The largest absolute Gasteiger partial charge is 0.412 e. The number of nitrogen functional groups attached to an aromatic ring is 1. The van der Waals surface area contributed by atoms with Gasteiger partial charge in [-0.25, -0.2) is 9.97 Å². The third-order valence-corrected chi connectivity index (χ3v) is 7.41. The van der Waals surface area contributed by atoms with Crippen molar-refractivity contribution in [2.45, 2.75) is 24.0 Å². The minimum absolute atomic E-state index is 0. The van der Waals surface area contributed by atoms with Gasteiger partial charge in [-0.05, 0) is 23.6 Å². The van der Waals surface area contributed by atoms with Gasteiger partial charge in [-0.3, -0.25) is 0 Å². The van der Waals surface area contributed by atoms with Crippen molar-refractivity contribution in [2.75, 3.05) is 11.5 Å². The summed E-state index contributed by atoms with van der Waals surface area (Å²) in [6.45, 7) is 2.21. The van der Waals surface area contributed by atoms with Gasteiger partial charge >= 0.3 is 0 Å². The van der Waals surface area contributed by atoms with Gasteiger partial charge in [-0.1, -0.05) is 49.7 Å². The molecule has 4 nitrogen and oxygen atoms in total. The molecule has 1 aromatic carbocycles. The average molecular weight is 416 g/mol. The van der Waals surface area contributed by atoms with E-state index in [1.54, 1.807) is 22.7 Å². The molecular weight excluding hydrogens is 394 g/mol. The molecule has 140 valence electrons. The lowest BCUT2D eigenvalue weighted by atomic mass is 10.1. The van der Waals surface area contributed by atoms with E-state index in [9.17, 15) is 0 Å². The molecule has 27 heavy (non-hydrogen) atoms. The molecule has 0 bridgehead atoms. The number of thiophene rings is 2. The Morgan fingerprint density at radius 1 is 1.07 bits per heavy atom. The Balaban J connectivity index is 0.00000210. The van der Waals surface area contributed by atoms with E-state index in [1.807, 2.05) is 36.0 Å². The molecule has 0 aliphatic carbocycles. The van der Waals surface area contributed by atoms with E-state index in [1.165, 1.54) is 12.8 Å². The van der Waals surface area contributed by atoms with Crippen LogP contribution in [0.15, 0.2) is 52.1 Å². The second-order valence-electron chi connectivity index (χ2n) is 5.92. The highest BCUT2D eigenvalue weighted by Crippen LogP contribution is 2.44. The van der Waals surface area contributed by atoms with E-state index in [0.29, 0.717) is 0 Å². The minimum atomic E-state index is 0. The maximum absolute atomic E-state index is 6.54. The number of hydrogen-bond donors (Lipinski definition) is 1. The summed E-state index contributed by atoms with van der Waals surface area (Å²) in [7, 11) is 0. The van der Waals surface area contributed by atoms with E-state index in [-0.39, 0.29) is 5.48 Å². The third kappa shape index (κ3) is 4.01. The molecule has 3 aromatic heterocycles. The molecule has 7 heteroatoms. The second-order valence-corrected chi connectivity index (χ2v) is 9.23. The number of anilines is 1. The quantitative estimate of drug-likeness (QED) is 0.322. The molecule has 4 N–H and O–H groups in total. The predicted molar refractivity (Wildman–Crippen MR) is 120 cm³/mol. The van der Waals surface area contributed by atoms with Crippen LogP contribution >= 0.6 is 34.4 Å². The number of unbranched alkanes of at least 4 members (excludes halogenated alkanes) is 1. The molecule has 0 spiro atoms. The van der Waals surface area contributed by atoms with Crippen LogP contribution in [0, 0.1) is 0 Å². The number of aromatic nitrogens is 2. The van der Waals surface area contributed by atoms with Crippen molar-refractivity contribution in [2.24, 2.45) is 0 Å². The topological polar surface area (TPSA) is 83.3 Å². The first-order valence-corrected chi connectivity index (χ1v) is 11.3. The fraction of sp³-hybridized carbons (Fsp3) is 0.200. The first kappa shape index (κ1) is 19.8. The Bertz CT molecular complexity index is 1010. The summed E-state index contributed by atoms with van der Waals surface area (Å²) in [5.74, 6) is 1.86. The van der Waals surface area contributed by atoms with Crippen molar-refractivity contribution in [1.29, 1.82) is 0 Å². The maximum atomic E-state index is 6.54. The lowest BCUT2D eigenvalue weighted by Gasteiger charge is -2.06. The highest BCUT2D eigenvalue weighted by Gasteiger charge is 2.19. The van der Waals surface area contributed by atoms with Crippen molar-refractivity contribution in [3.63, 3.8) is 0 Å².